The summed E-state index contributed by atoms with van der Waals surface area (Å²) < 4.78 is 0. The van der Waals surface area contributed by atoms with Crippen molar-refractivity contribution in [2.45, 2.75) is 6.42 Å². The van der Waals surface area contributed by atoms with E-state index in [-0.39, 0.29) is 6.03 Å². The number of rotatable bonds is 4. The summed E-state index contributed by atoms with van der Waals surface area (Å²) in [6.07, 6.45) is 0.838. The van der Waals surface area contributed by atoms with Gasteiger partial charge in [-0.2, -0.15) is 0 Å². The van der Waals surface area contributed by atoms with Crippen molar-refractivity contribution in [3.63, 3.8) is 0 Å². The number of nitrogens with zero attached hydrogens (tertiary/aromatic N) is 2. The van der Waals surface area contributed by atoms with Crippen molar-refractivity contribution in [1.82, 2.24) is 10.2 Å². The van der Waals surface area contributed by atoms with Crippen LogP contribution < -0.4 is 10.2 Å². The predicted molar refractivity (Wildman–Crippen MR) is 104 cm³/mol. The van der Waals surface area contributed by atoms with Crippen molar-refractivity contribution in [1.29, 1.82) is 0 Å². The molecule has 1 heterocycles. The molecule has 1 aliphatic heterocycles. The third-order valence-electron chi connectivity index (χ3n) is 4.35. The Morgan fingerprint density at radius 3 is 2.44 bits per heavy atom. The number of carbonyl (C=O) groups excluding carboxylic acids is 1. The van der Waals surface area contributed by atoms with Crippen LogP contribution in [0.1, 0.15) is 5.56 Å². The summed E-state index contributed by atoms with van der Waals surface area (Å²) in [4.78, 5) is 16.3. The minimum absolute atomic E-state index is 0.00669. The van der Waals surface area contributed by atoms with Gasteiger partial charge in [0.2, 0.25) is 0 Å². The highest BCUT2D eigenvalue weighted by Gasteiger charge is 2.22. The number of anilines is 1. The van der Waals surface area contributed by atoms with Gasteiger partial charge >= 0.3 is 6.03 Å². The Labute approximate surface area is 158 Å². The minimum Gasteiger partial charge on any atom is -0.367 e. The monoisotopic (exact) mass is 377 g/mol. The lowest BCUT2D eigenvalue weighted by atomic mass is 10.1. The molecule has 1 saturated heterocycles. The molecule has 0 radical (unpaired) electrons. The Hall–Kier alpha value is -1.91. The van der Waals surface area contributed by atoms with Gasteiger partial charge in [0.25, 0.3) is 0 Å². The average Bonchev–Trinajstić information content (AvgIpc) is 2.65. The molecule has 0 aromatic heterocycles. The van der Waals surface area contributed by atoms with Gasteiger partial charge in [0.15, 0.2) is 0 Å². The molecule has 1 N–H and O–H groups in total. The number of urea groups is 1. The zero-order valence-electron chi connectivity index (χ0n) is 13.9. The van der Waals surface area contributed by atoms with Crippen LogP contribution in [0.4, 0.5) is 10.5 Å². The van der Waals surface area contributed by atoms with Gasteiger partial charge in [-0.15, -0.1) is 0 Å². The van der Waals surface area contributed by atoms with Gasteiger partial charge in [0, 0.05) is 37.7 Å². The van der Waals surface area contributed by atoms with Crippen LogP contribution in [-0.2, 0) is 6.42 Å². The molecule has 6 heteroatoms. The summed E-state index contributed by atoms with van der Waals surface area (Å²) in [5.74, 6) is 0. The van der Waals surface area contributed by atoms with Gasteiger partial charge in [0.1, 0.15) is 0 Å². The van der Waals surface area contributed by atoms with E-state index in [1.807, 2.05) is 35.2 Å². The molecule has 132 valence electrons. The lowest BCUT2D eigenvalue weighted by molar-refractivity contribution is 0.194. The summed E-state index contributed by atoms with van der Waals surface area (Å²) in [6, 6.07) is 15.6. The van der Waals surface area contributed by atoms with Crippen molar-refractivity contribution >= 4 is 34.9 Å². The summed E-state index contributed by atoms with van der Waals surface area (Å²) in [7, 11) is 0. The third-order valence-corrected chi connectivity index (χ3v) is 4.90. The van der Waals surface area contributed by atoms with Crippen molar-refractivity contribution in [3.05, 3.63) is 64.1 Å². The maximum Gasteiger partial charge on any atom is 0.317 e. The molecule has 0 aliphatic carbocycles. The fourth-order valence-corrected chi connectivity index (χ4v) is 3.35. The average molecular weight is 378 g/mol. The van der Waals surface area contributed by atoms with Gasteiger partial charge in [0.05, 0.1) is 10.7 Å². The molecular formula is C19H21Cl2N3O. The van der Waals surface area contributed by atoms with E-state index < -0.39 is 0 Å². The Kier molecular flexibility index (Phi) is 6.05. The highest BCUT2D eigenvalue weighted by molar-refractivity contribution is 6.35. The number of nitrogens with one attached hydrogen (secondary N) is 1. The number of benzene rings is 2. The van der Waals surface area contributed by atoms with E-state index in [1.165, 1.54) is 5.56 Å². The molecule has 3 rings (SSSR count). The number of hydrogen-bond donors (Lipinski definition) is 1. The molecule has 2 amide bonds. The van der Waals surface area contributed by atoms with E-state index >= 15 is 0 Å². The first-order valence-corrected chi connectivity index (χ1v) is 9.16. The maximum absolute atomic E-state index is 12.3. The molecule has 0 saturated carbocycles. The van der Waals surface area contributed by atoms with Gasteiger partial charge in [-0.05, 0) is 30.2 Å². The van der Waals surface area contributed by atoms with Gasteiger partial charge < -0.3 is 15.1 Å². The maximum atomic E-state index is 12.3. The van der Waals surface area contributed by atoms with Crippen LogP contribution in [0.15, 0.2) is 48.5 Å². The zero-order valence-corrected chi connectivity index (χ0v) is 15.4. The van der Waals surface area contributed by atoms with E-state index in [4.69, 9.17) is 23.2 Å². The summed E-state index contributed by atoms with van der Waals surface area (Å²) in [5, 5.41) is 4.35. The van der Waals surface area contributed by atoms with Crippen LogP contribution in [0.2, 0.25) is 10.0 Å². The summed E-state index contributed by atoms with van der Waals surface area (Å²) >= 11 is 12.3. The molecule has 0 bridgehead atoms. The second-order valence-corrected chi connectivity index (χ2v) is 6.88. The van der Waals surface area contributed by atoms with E-state index in [2.05, 4.69) is 22.3 Å². The largest absolute Gasteiger partial charge is 0.367 e. The zero-order chi connectivity index (χ0) is 17.6. The third kappa shape index (κ3) is 4.80. The summed E-state index contributed by atoms with van der Waals surface area (Å²) in [6.45, 7) is 3.46. The molecule has 1 aliphatic rings. The predicted octanol–water partition coefficient (Wildman–Crippen LogP) is 4.07. The smallest absolute Gasteiger partial charge is 0.317 e. The minimum atomic E-state index is -0.00669. The molecule has 1 fully saturated rings. The fraction of sp³-hybridized carbons (Fsp3) is 0.316. The molecule has 2 aromatic rings. The van der Waals surface area contributed by atoms with Crippen molar-refractivity contribution in [2.24, 2.45) is 0 Å². The van der Waals surface area contributed by atoms with Crippen molar-refractivity contribution in [2.75, 3.05) is 37.6 Å². The highest BCUT2D eigenvalue weighted by atomic mass is 35.5. The van der Waals surface area contributed by atoms with Crippen LogP contribution in [0.3, 0.4) is 0 Å². The molecular weight excluding hydrogens is 357 g/mol. The Balaban J connectivity index is 1.47. The number of piperazine rings is 1. The number of carbonyl (C=O) groups is 1. The van der Waals surface area contributed by atoms with Gasteiger partial charge in [-0.25, -0.2) is 4.79 Å². The Bertz CT molecular complexity index is 716. The molecule has 4 nitrogen and oxygen atoms in total. The lowest BCUT2D eigenvalue weighted by Gasteiger charge is -2.36. The first kappa shape index (κ1) is 17.9. The van der Waals surface area contributed by atoms with Crippen LogP contribution >= 0.6 is 23.2 Å². The lowest BCUT2D eigenvalue weighted by Crippen LogP contribution is -2.52. The van der Waals surface area contributed by atoms with E-state index in [1.54, 1.807) is 6.07 Å². The fourth-order valence-electron chi connectivity index (χ4n) is 2.95. The normalized spacial score (nSPS) is 14.5. The van der Waals surface area contributed by atoms with Crippen LogP contribution in [0.5, 0.6) is 0 Å². The second kappa shape index (κ2) is 8.45. The first-order chi connectivity index (χ1) is 12.1. The summed E-state index contributed by atoms with van der Waals surface area (Å²) in [5.41, 5.74) is 2.15. The first-order valence-electron chi connectivity index (χ1n) is 8.40. The van der Waals surface area contributed by atoms with Crippen molar-refractivity contribution in [3.8, 4) is 0 Å². The van der Waals surface area contributed by atoms with E-state index in [0.29, 0.717) is 29.7 Å². The Morgan fingerprint density at radius 2 is 1.72 bits per heavy atom. The van der Waals surface area contributed by atoms with E-state index in [9.17, 15) is 4.79 Å². The van der Waals surface area contributed by atoms with Crippen LogP contribution in [0, 0.1) is 0 Å². The topological polar surface area (TPSA) is 35.6 Å². The number of halogens is 2. The molecule has 2 aromatic carbocycles. The highest BCUT2D eigenvalue weighted by Crippen LogP contribution is 2.29. The van der Waals surface area contributed by atoms with E-state index in [0.717, 1.165) is 25.2 Å². The van der Waals surface area contributed by atoms with Gasteiger partial charge in [-0.1, -0.05) is 53.5 Å². The molecule has 0 unspecified atom stereocenters. The number of hydrogen-bond acceptors (Lipinski definition) is 2. The molecule has 25 heavy (non-hydrogen) atoms. The molecule has 0 spiro atoms. The molecule has 0 atom stereocenters. The van der Waals surface area contributed by atoms with Crippen LogP contribution in [-0.4, -0.2) is 43.7 Å². The Morgan fingerprint density at radius 1 is 1.00 bits per heavy atom. The SMILES string of the molecule is O=C(NCCc1ccccc1)N1CCN(c2cc(Cl)ccc2Cl)CC1. The quantitative estimate of drug-likeness (QED) is 0.871. The van der Waals surface area contributed by atoms with Crippen molar-refractivity contribution < 1.29 is 4.79 Å². The van der Waals surface area contributed by atoms with Gasteiger partial charge in [-0.3, -0.25) is 0 Å². The van der Waals surface area contributed by atoms with Crippen LogP contribution in [0.25, 0.3) is 0 Å². The second-order valence-electron chi connectivity index (χ2n) is 6.04. The number of amides is 2. The standard InChI is InChI=1S/C19H21Cl2N3O/c20-16-6-7-17(21)18(14-16)23-10-12-24(13-11-23)19(25)22-9-8-15-4-2-1-3-5-15/h1-7,14H,8-13H2,(H,22,25).